The third-order valence-corrected chi connectivity index (χ3v) is 9.13. The first-order chi connectivity index (χ1) is 20.7. The van der Waals surface area contributed by atoms with Gasteiger partial charge in [0.2, 0.25) is 10.0 Å². The fourth-order valence-electron chi connectivity index (χ4n) is 4.96. The summed E-state index contributed by atoms with van der Waals surface area (Å²) in [5.74, 6) is -0.286. The zero-order valence-corrected chi connectivity index (χ0v) is 24.7. The molecule has 11 heteroatoms. The van der Waals surface area contributed by atoms with Crippen LogP contribution in [0.1, 0.15) is 28.1 Å². The van der Waals surface area contributed by atoms with Crippen molar-refractivity contribution in [3.63, 3.8) is 0 Å². The Balaban J connectivity index is 1.39. The number of aromatic nitrogens is 6. The number of para-hydroxylation sites is 2. The molecule has 216 valence electrons. The highest BCUT2D eigenvalue weighted by Gasteiger charge is 2.34. The van der Waals surface area contributed by atoms with Crippen molar-refractivity contribution in [3.05, 3.63) is 124 Å². The van der Waals surface area contributed by atoms with Crippen molar-refractivity contribution < 1.29 is 13.2 Å². The highest BCUT2D eigenvalue weighted by atomic mass is 32.2. The lowest BCUT2D eigenvalue weighted by Gasteiger charge is -2.29. The van der Waals surface area contributed by atoms with Crippen LogP contribution in [0.2, 0.25) is 0 Å². The van der Waals surface area contributed by atoms with Crippen LogP contribution in [0, 0.1) is 20.8 Å². The van der Waals surface area contributed by atoms with Gasteiger partial charge in [0.15, 0.2) is 5.78 Å². The number of hydrogen-bond donors (Lipinski definition) is 0. The summed E-state index contributed by atoms with van der Waals surface area (Å²) < 4.78 is 32.1. The normalized spacial score (nSPS) is 16.3. The van der Waals surface area contributed by atoms with E-state index in [9.17, 15) is 13.2 Å². The number of hydrogen-bond acceptors (Lipinski definition) is 7. The predicted octanol–water partition coefficient (Wildman–Crippen LogP) is 4.51. The van der Waals surface area contributed by atoms with Crippen molar-refractivity contribution >= 4 is 28.0 Å². The van der Waals surface area contributed by atoms with E-state index in [2.05, 4.69) is 20.6 Å². The lowest BCUT2D eigenvalue weighted by molar-refractivity contribution is -0.113. The second kappa shape index (κ2) is 11.3. The third-order valence-electron chi connectivity index (χ3n) is 7.33. The molecule has 0 aliphatic carbocycles. The smallest absolute Gasteiger partial charge is 0.243 e. The number of carbonyl (C=O) groups is 1. The minimum absolute atomic E-state index is 0.112. The molecule has 0 bridgehead atoms. The Hall–Kier alpha value is -5.00. The molecule has 1 aliphatic heterocycles. The number of piperidine rings is 1. The zero-order chi connectivity index (χ0) is 30.1. The number of Topliss-reactive ketones (excluding diaryl/α,β-unsaturated/α-hetero) is 1. The van der Waals surface area contributed by atoms with Crippen molar-refractivity contribution in [2.45, 2.75) is 25.7 Å². The van der Waals surface area contributed by atoms with E-state index in [1.165, 1.54) is 4.31 Å². The molecule has 1 fully saturated rings. The average molecular weight is 592 g/mol. The fraction of sp³-hybridized carbons (Fsp3) is 0.156. The van der Waals surface area contributed by atoms with Crippen molar-refractivity contribution in [2.24, 2.45) is 0 Å². The van der Waals surface area contributed by atoms with Gasteiger partial charge in [-0.3, -0.25) is 4.79 Å². The van der Waals surface area contributed by atoms with Crippen LogP contribution < -0.4 is 0 Å². The Morgan fingerprint density at radius 2 is 1.14 bits per heavy atom. The van der Waals surface area contributed by atoms with Gasteiger partial charge in [0, 0.05) is 24.2 Å². The number of nitrogens with zero attached hydrogens (tertiary/aromatic N) is 7. The maximum atomic E-state index is 13.8. The molecular formula is C32H29N7O3S. The minimum atomic E-state index is -3.92. The van der Waals surface area contributed by atoms with E-state index < -0.39 is 10.0 Å². The average Bonchev–Trinajstić information content (AvgIpc) is 3.65. The molecule has 1 aliphatic rings. The number of benzene rings is 3. The van der Waals surface area contributed by atoms with E-state index in [-0.39, 0.29) is 34.9 Å². The number of aryl methyl sites for hydroxylation is 3. The van der Waals surface area contributed by atoms with E-state index >= 15 is 0 Å². The molecule has 2 aromatic heterocycles. The number of ketones is 1. The van der Waals surface area contributed by atoms with Crippen LogP contribution in [0.15, 0.2) is 101 Å². The summed E-state index contributed by atoms with van der Waals surface area (Å²) in [5, 5.41) is 16.9. The first-order valence-electron chi connectivity index (χ1n) is 13.7. The third kappa shape index (κ3) is 5.72. The van der Waals surface area contributed by atoms with Crippen LogP contribution in [-0.2, 0) is 14.8 Å². The summed E-state index contributed by atoms with van der Waals surface area (Å²) in [6.45, 7) is 5.62. The molecule has 0 saturated carbocycles. The lowest BCUT2D eigenvalue weighted by Crippen LogP contribution is -2.41. The lowest BCUT2D eigenvalue weighted by atomic mass is 9.97. The maximum absolute atomic E-state index is 13.8. The molecular weight excluding hydrogens is 562 g/mol. The molecule has 0 atom stereocenters. The molecule has 6 rings (SSSR count). The summed E-state index contributed by atoms with van der Waals surface area (Å²) in [7, 11) is -3.92. The molecule has 3 heterocycles. The Kier molecular flexibility index (Phi) is 7.43. The van der Waals surface area contributed by atoms with Gasteiger partial charge in [-0.1, -0.05) is 64.5 Å². The Morgan fingerprint density at radius 3 is 1.60 bits per heavy atom. The van der Waals surface area contributed by atoms with Gasteiger partial charge in [0.1, 0.15) is 11.4 Å². The summed E-state index contributed by atoms with van der Waals surface area (Å²) in [6.07, 6.45) is 6.62. The van der Waals surface area contributed by atoms with Gasteiger partial charge < -0.3 is 0 Å². The van der Waals surface area contributed by atoms with Crippen LogP contribution >= 0.6 is 0 Å². The van der Waals surface area contributed by atoms with Gasteiger partial charge in [-0.25, -0.2) is 17.8 Å². The van der Waals surface area contributed by atoms with Crippen molar-refractivity contribution in [1.82, 2.24) is 34.3 Å². The van der Waals surface area contributed by atoms with E-state index in [1.807, 2.05) is 69.3 Å². The number of rotatable bonds is 6. The molecule has 1 saturated heterocycles. The second-order valence-electron chi connectivity index (χ2n) is 10.5. The van der Waals surface area contributed by atoms with Crippen molar-refractivity contribution in [2.75, 3.05) is 13.1 Å². The van der Waals surface area contributed by atoms with Gasteiger partial charge >= 0.3 is 0 Å². The Bertz CT molecular complexity index is 1900. The molecule has 43 heavy (non-hydrogen) atoms. The first-order valence-corrected chi connectivity index (χ1v) is 15.1. The molecule has 0 N–H and O–H groups in total. The van der Waals surface area contributed by atoms with E-state index in [0.717, 1.165) is 28.1 Å². The highest BCUT2D eigenvalue weighted by Crippen LogP contribution is 2.27. The standard InChI is InChI=1S/C32H29N7O3S/c1-22-12-14-29(15-13-22)43(41,42)37-18-25(16-27-20-38(35-33-27)30-10-6-4-8-23(30)2)32(40)26(19-37)17-28-21-39(36-34-28)31-11-7-5-9-24(31)3/h4-17,20-21H,18-19H2,1-3H3. The molecule has 10 nitrogen and oxygen atoms in total. The van der Waals surface area contributed by atoms with Gasteiger partial charge in [0.05, 0.1) is 28.7 Å². The van der Waals surface area contributed by atoms with Crippen LogP contribution in [-0.4, -0.2) is 61.6 Å². The highest BCUT2D eigenvalue weighted by molar-refractivity contribution is 7.89. The summed E-state index contributed by atoms with van der Waals surface area (Å²) >= 11 is 0. The monoisotopic (exact) mass is 591 g/mol. The van der Waals surface area contributed by atoms with Gasteiger partial charge in [-0.05, 0) is 68.3 Å². The first kappa shape index (κ1) is 28.1. The fourth-order valence-corrected chi connectivity index (χ4v) is 6.35. The largest absolute Gasteiger partial charge is 0.289 e. The summed E-state index contributed by atoms with van der Waals surface area (Å²) in [4.78, 5) is 13.9. The Labute approximate surface area is 249 Å². The molecule has 0 spiro atoms. The predicted molar refractivity (Wildman–Crippen MR) is 163 cm³/mol. The van der Waals surface area contributed by atoms with Crippen LogP contribution in [0.25, 0.3) is 23.5 Å². The molecule has 0 radical (unpaired) electrons. The second-order valence-corrected chi connectivity index (χ2v) is 12.4. The number of carbonyl (C=O) groups excluding carboxylic acids is 1. The molecule has 0 amide bonds. The van der Waals surface area contributed by atoms with Gasteiger partial charge in [-0.15, -0.1) is 10.2 Å². The molecule has 5 aromatic rings. The maximum Gasteiger partial charge on any atom is 0.243 e. The summed E-state index contributed by atoms with van der Waals surface area (Å²) in [5.41, 5.74) is 6.11. The Morgan fingerprint density at radius 1 is 0.674 bits per heavy atom. The van der Waals surface area contributed by atoms with Gasteiger partial charge in [0.25, 0.3) is 0 Å². The molecule has 3 aromatic carbocycles. The van der Waals surface area contributed by atoms with Crippen molar-refractivity contribution in [1.29, 1.82) is 0 Å². The van der Waals surface area contributed by atoms with Gasteiger partial charge in [-0.2, -0.15) is 4.31 Å². The SMILES string of the molecule is Cc1ccc(S(=O)(=O)N2CC(=Cc3cn(-c4ccccc4C)nn3)C(=O)C(=Cc3cn(-c4ccccc4C)nn3)C2)cc1. The van der Waals surface area contributed by atoms with Crippen LogP contribution in [0.3, 0.4) is 0 Å². The van der Waals surface area contributed by atoms with Crippen LogP contribution in [0.4, 0.5) is 0 Å². The summed E-state index contributed by atoms with van der Waals surface area (Å²) in [6, 6.07) is 22.2. The van der Waals surface area contributed by atoms with Crippen LogP contribution in [0.5, 0.6) is 0 Å². The van der Waals surface area contributed by atoms with Crippen molar-refractivity contribution in [3.8, 4) is 11.4 Å². The quantitative estimate of drug-likeness (QED) is 0.267. The van der Waals surface area contributed by atoms with E-state index in [4.69, 9.17) is 0 Å². The molecule has 0 unspecified atom stereocenters. The topological polar surface area (TPSA) is 116 Å². The van der Waals surface area contributed by atoms with E-state index in [1.54, 1.807) is 58.2 Å². The minimum Gasteiger partial charge on any atom is -0.289 e. The zero-order valence-electron chi connectivity index (χ0n) is 23.9. The van der Waals surface area contributed by atoms with E-state index in [0.29, 0.717) is 11.4 Å². The number of sulfonamides is 1.